The van der Waals surface area contributed by atoms with Crippen LogP contribution in [-0.4, -0.2) is 41.1 Å². The van der Waals surface area contributed by atoms with Crippen molar-refractivity contribution in [3.05, 3.63) is 11.9 Å². The lowest BCUT2D eigenvalue weighted by Crippen LogP contribution is -2.43. The van der Waals surface area contributed by atoms with Crippen LogP contribution in [0, 0.1) is 0 Å². The molecule has 0 aliphatic rings. The Morgan fingerprint density at radius 2 is 1.74 bits per heavy atom. The number of hydrogen-bond donors (Lipinski definition) is 1. The second kappa shape index (κ2) is 5.33. The number of anilines is 1. The first kappa shape index (κ1) is 15.7. The number of nitrogens with two attached hydrogens (primary N) is 1. The zero-order chi connectivity index (χ0) is 14.8. The molecule has 5 heteroatoms. The number of hydrogen-bond acceptors (Lipinski definition) is 5. The predicted molar refractivity (Wildman–Crippen MR) is 78.4 cm³/mol. The van der Waals surface area contributed by atoms with Gasteiger partial charge in [0.1, 0.15) is 18.2 Å². The minimum Gasteiger partial charge on any atom is -0.476 e. The van der Waals surface area contributed by atoms with Crippen molar-refractivity contribution < 1.29 is 4.74 Å². The van der Waals surface area contributed by atoms with Crippen molar-refractivity contribution in [2.45, 2.75) is 45.6 Å². The second-order valence-corrected chi connectivity index (χ2v) is 6.70. The molecule has 5 nitrogen and oxygen atoms in total. The van der Waals surface area contributed by atoms with Gasteiger partial charge >= 0.3 is 0 Å². The lowest BCUT2D eigenvalue weighted by atomic mass is 9.96. The Morgan fingerprint density at radius 3 is 2.21 bits per heavy atom. The molecule has 19 heavy (non-hydrogen) atoms. The van der Waals surface area contributed by atoms with Crippen LogP contribution in [-0.2, 0) is 5.41 Å². The highest BCUT2D eigenvalue weighted by Crippen LogP contribution is 2.23. The quantitative estimate of drug-likeness (QED) is 0.904. The molecule has 1 heterocycles. The lowest BCUT2D eigenvalue weighted by molar-refractivity contribution is 0.110. The zero-order valence-electron chi connectivity index (χ0n) is 13.1. The van der Waals surface area contributed by atoms with E-state index in [-0.39, 0.29) is 11.0 Å². The molecule has 0 fully saturated rings. The van der Waals surface area contributed by atoms with Gasteiger partial charge in [-0.2, -0.15) is 4.98 Å². The first-order valence-corrected chi connectivity index (χ1v) is 6.47. The van der Waals surface area contributed by atoms with Gasteiger partial charge in [0.05, 0.1) is 0 Å². The third kappa shape index (κ3) is 4.35. The Morgan fingerprint density at radius 1 is 1.16 bits per heavy atom. The fraction of sp³-hybridized carbons (Fsp3) is 0.714. The molecular formula is C14H26N4O. The fourth-order valence-corrected chi connectivity index (χ4v) is 1.23. The number of ether oxygens (including phenoxy) is 1. The molecule has 0 spiro atoms. The van der Waals surface area contributed by atoms with Crippen LogP contribution in [0.15, 0.2) is 6.07 Å². The molecule has 0 aliphatic carbocycles. The highest BCUT2D eigenvalue weighted by Gasteiger charge is 2.23. The first-order chi connectivity index (χ1) is 8.52. The summed E-state index contributed by atoms with van der Waals surface area (Å²) >= 11 is 0. The molecule has 0 saturated heterocycles. The Bertz CT molecular complexity index is 436. The van der Waals surface area contributed by atoms with E-state index in [1.807, 2.05) is 14.1 Å². The number of rotatable bonds is 4. The van der Waals surface area contributed by atoms with Gasteiger partial charge in [-0.1, -0.05) is 20.8 Å². The van der Waals surface area contributed by atoms with Gasteiger partial charge in [0.15, 0.2) is 0 Å². The average Bonchev–Trinajstić information content (AvgIpc) is 2.24. The molecule has 2 N–H and O–H groups in total. The maximum atomic E-state index is 5.81. The van der Waals surface area contributed by atoms with Crippen molar-refractivity contribution in [2.24, 2.45) is 0 Å². The third-order valence-corrected chi connectivity index (χ3v) is 3.18. The molecule has 0 saturated carbocycles. The van der Waals surface area contributed by atoms with Crippen molar-refractivity contribution in [1.82, 2.24) is 14.9 Å². The van der Waals surface area contributed by atoms with Gasteiger partial charge < -0.3 is 15.4 Å². The van der Waals surface area contributed by atoms with E-state index in [4.69, 9.17) is 10.5 Å². The number of nitrogens with zero attached hydrogens (tertiary/aromatic N) is 3. The smallest absolute Gasteiger partial charge is 0.218 e. The standard InChI is InChI=1S/C14H26N4O/c1-13(2,3)12-16-10(15)8-11(17-12)19-9-14(4,5)18(6)7/h8H,9H2,1-7H3,(H2,15,16,17). The highest BCUT2D eigenvalue weighted by molar-refractivity contribution is 5.34. The van der Waals surface area contributed by atoms with Crippen molar-refractivity contribution >= 4 is 5.82 Å². The maximum Gasteiger partial charge on any atom is 0.218 e. The van der Waals surface area contributed by atoms with E-state index >= 15 is 0 Å². The van der Waals surface area contributed by atoms with Crippen LogP contribution in [0.2, 0.25) is 0 Å². The third-order valence-electron chi connectivity index (χ3n) is 3.18. The highest BCUT2D eigenvalue weighted by atomic mass is 16.5. The van der Waals surface area contributed by atoms with Gasteiger partial charge in [-0.15, -0.1) is 0 Å². The summed E-state index contributed by atoms with van der Waals surface area (Å²) in [4.78, 5) is 10.8. The summed E-state index contributed by atoms with van der Waals surface area (Å²) in [7, 11) is 4.05. The van der Waals surface area contributed by atoms with E-state index in [1.165, 1.54) is 0 Å². The zero-order valence-corrected chi connectivity index (χ0v) is 13.1. The summed E-state index contributed by atoms with van der Waals surface area (Å²) in [5, 5.41) is 0. The predicted octanol–water partition coefficient (Wildman–Crippen LogP) is 2.08. The van der Waals surface area contributed by atoms with Crippen LogP contribution < -0.4 is 10.5 Å². The molecular weight excluding hydrogens is 240 g/mol. The Labute approximate surface area is 116 Å². The van der Waals surface area contributed by atoms with Crippen LogP contribution in [0.5, 0.6) is 5.88 Å². The largest absolute Gasteiger partial charge is 0.476 e. The van der Waals surface area contributed by atoms with Crippen molar-refractivity contribution in [3.8, 4) is 5.88 Å². The van der Waals surface area contributed by atoms with Crippen molar-refractivity contribution in [2.75, 3.05) is 26.4 Å². The van der Waals surface area contributed by atoms with Crippen LogP contribution >= 0.6 is 0 Å². The van der Waals surface area contributed by atoms with Crippen LogP contribution in [0.4, 0.5) is 5.82 Å². The summed E-state index contributed by atoms with van der Waals surface area (Å²) < 4.78 is 5.78. The van der Waals surface area contributed by atoms with E-state index in [2.05, 4.69) is 49.5 Å². The van der Waals surface area contributed by atoms with Crippen LogP contribution in [0.25, 0.3) is 0 Å². The Balaban J connectivity index is 2.88. The Hall–Kier alpha value is -1.36. The number of aromatic nitrogens is 2. The maximum absolute atomic E-state index is 5.81. The number of nitrogen functional groups attached to an aromatic ring is 1. The van der Waals surface area contributed by atoms with E-state index in [0.29, 0.717) is 24.1 Å². The molecule has 0 radical (unpaired) electrons. The van der Waals surface area contributed by atoms with Gasteiger partial charge in [-0.05, 0) is 27.9 Å². The fourth-order valence-electron chi connectivity index (χ4n) is 1.23. The van der Waals surface area contributed by atoms with Gasteiger partial charge in [0.2, 0.25) is 5.88 Å². The van der Waals surface area contributed by atoms with Crippen LogP contribution in [0.3, 0.4) is 0 Å². The monoisotopic (exact) mass is 266 g/mol. The summed E-state index contributed by atoms with van der Waals surface area (Å²) in [5.41, 5.74) is 5.60. The summed E-state index contributed by atoms with van der Waals surface area (Å²) in [5.74, 6) is 1.68. The van der Waals surface area contributed by atoms with E-state index in [9.17, 15) is 0 Å². The lowest BCUT2D eigenvalue weighted by Gasteiger charge is -2.32. The second-order valence-electron chi connectivity index (χ2n) is 6.70. The van der Waals surface area contributed by atoms with E-state index in [1.54, 1.807) is 6.07 Å². The van der Waals surface area contributed by atoms with E-state index < -0.39 is 0 Å². The molecule has 108 valence electrons. The molecule has 1 aromatic rings. The minimum atomic E-state index is -0.148. The van der Waals surface area contributed by atoms with Gasteiger partial charge in [-0.3, -0.25) is 0 Å². The average molecular weight is 266 g/mol. The van der Waals surface area contributed by atoms with Crippen molar-refractivity contribution in [1.29, 1.82) is 0 Å². The normalized spacial score (nSPS) is 12.8. The summed E-state index contributed by atoms with van der Waals surface area (Å²) in [6.45, 7) is 10.9. The molecule has 1 aromatic heterocycles. The molecule has 0 aromatic carbocycles. The molecule has 0 unspecified atom stereocenters. The molecule has 0 atom stereocenters. The topological polar surface area (TPSA) is 64.3 Å². The minimum absolute atomic E-state index is 0.0678. The molecule has 0 amide bonds. The summed E-state index contributed by atoms with van der Waals surface area (Å²) in [6, 6.07) is 1.67. The van der Waals surface area contributed by atoms with Crippen LogP contribution in [0.1, 0.15) is 40.4 Å². The summed E-state index contributed by atoms with van der Waals surface area (Å²) in [6.07, 6.45) is 0. The Kier molecular flexibility index (Phi) is 4.40. The van der Waals surface area contributed by atoms with Crippen molar-refractivity contribution in [3.63, 3.8) is 0 Å². The molecule has 0 aliphatic heterocycles. The van der Waals surface area contributed by atoms with Gasteiger partial charge in [0, 0.05) is 17.0 Å². The van der Waals surface area contributed by atoms with Gasteiger partial charge in [0.25, 0.3) is 0 Å². The molecule has 1 rings (SSSR count). The molecule has 0 bridgehead atoms. The number of likely N-dealkylation sites (N-methyl/N-ethyl adjacent to an activating group) is 1. The SMILES string of the molecule is CN(C)C(C)(C)COc1cc(N)nc(C(C)(C)C)n1. The van der Waals surface area contributed by atoms with Gasteiger partial charge in [-0.25, -0.2) is 4.98 Å². The first-order valence-electron chi connectivity index (χ1n) is 6.47. The van der Waals surface area contributed by atoms with E-state index in [0.717, 1.165) is 0 Å².